The molecule has 1 N–H and O–H groups in total. The number of urea groups is 1. The van der Waals surface area contributed by atoms with Crippen LogP contribution in [-0.2, 0) is 0 Å². The van der Waals surface area contributed by atoms with E-state index >= 15 is 0 Å². The number of nitrogens with zero attached hydrogens (tertiary/aromatic N) is 2. The molecule has 0 unspecified atom stereocenters. The van der Waals surface area contributed by atoms with Crippen LogP contribution in [0.2, 0.25) is 0 Å². The summed E-state index contributed by atoms with van der Waals surface area (Å²) >= 11 is 7.67. The highest BCUT2D eigenvalue weighted by molar-refractivity contribution is 9.10. The van der Waals surface area contributed by atoms with Gasteiger partial charge >= 0.3 is 6.03 Å². The lowest BCUT2D eigenvalue weighted by molar-refractivity contribution is 0.260. The highest BCUT2D eigenvalue weighted by atomic mass is 79.9. The van der Waals surface area contributed by atoms with Gasteiger partial charge in [-0.2, -0.15) is 0 Å². The molecule has 124 valence electrons. The number of rotatable bonds is 2. The zero-order chi connectivity index (χ0) is 17.4. The Balaban J connectivity index is 1.65. The van der Waals surface area contributed by atoms with Gasteiger partial charge in [-0.25, -0.2) is 9.10 Å². The zero-order valence-corrected chi connectivity index (χ0v) is 15.3. The number of aromatic nitrogens is 1. The molecule has 5 nitrogen and oxygen atoms in total. The molecule has 0 saturated carbocycles. The summed E-state index contributed by atoms with van der Waals surface area (Å²) in [5.74, 6) is 0.337. The normalized spacial score (nSPS) is 11.0. The smallest absolute Gasteiger partial charge is 0.337 e. The summed E-state index contributed by atoms with van der Waals surface area (Å²) in [7, 11) is 0. The average molecular weight is 414 g/mol. The maximum absolute atomic E-state index is 12.6. The van der Waals surface area contributed by atoms with E-state index in [2.05, 4.69) is 39.2 Å². The van der Waals surface area contributed by atoms with Crippen molar-refractivity contribution in [2.24, 2.45) is 0 Å². The Hall–Kier alpha value is -2.51. The lowest BCUT2D eigenvalue weighted by Gasteiger charge is -2.15. The Morgan fingerprint density at radius 2 is 1.88 bits per heavy atom. The van der Waals surface area contributed by atoms with Gasteiger partial charge in [0.05, 0.1) is 11.1 Å². The highest BCUT2D eigenvalue weighted by Crippen LogP contribution is 2.30. The fraction of sp³-hybridized carbons (Fsp3) is 0. The fourth-order valence-electron chi connectivity index (χ4n) is 2.65. The van der Waals surface area contributed by atoms with Gasteiger partial charge in [-0.3, -0.25) is 0 Å². The van der Waals surface area contributed by atoms with Crippen LogP contribution in [0.4, 0.5) is 16.3 Å². The molecule has 7 heteroatoms. The van der Waals surface area contributed by atoms with Crippen molar-refractivity contribution in [1.82, 2.24) is 5.16 Å². The number of anilines is 2. The molecular formula is C18H12BrN3O2S. The van der Waals surface area contributed by atoms with Crippen LogP contribution in [0.3, 0.4) is 0 Å². The van der Waals surface area contributed by atoms with E-state index in [9.17, 15) is 4.79 Å². The first kappa shape index (κ1) is 16.0. The van der Waals surface area contributed by atoms with Crippen LogP contribution in [0.25, 0.3) is 21.7 Å². The molecule has 1 aromatic heterocycles. The molecule has 0 fully saturated rings. The first-order valence-corrected chi connectivity index (χ1v) is 8.65. The Kier molecular flexibility index (Phi) is 4.10. The molecule has 25 heavy (non-hydrogen) atoms. The van der Waals surface area contributed by atoms with E-state index < -0.39 is 6.03 Å². The largest absolute Gasteiger partial charge is 0.354 e. The molecule has 0 atom stereocenters. The van der Waals surface area contributed by atoms with E-state index in [-0.39, 0.29) is 0 Å². The topological polar surface area (TPSA) is 58.4 Å². The fourth-order valence-corrected chi connectivity index (χ4v) is 3.18. The lowest BCUT2D eigenvalue weighted by atomic mass is 10.1. The molecule has 0 radical (unpaired) electrons. The monoisotopic (exact) mass is 413 g/mol. The number of fused-ring (bicyclic) bond motifs is 2. The van der Waals surface area contributed by atoms with E-state index in [0.29, 0.717) is 22.5 Å². The number of benzene rings is 3. The molecule has 0 spiro atoms. The summed E-state index contributed by atoms with van der Waals surface area (Å²) < 4.78 is 7.28. The number of nitrogens with one attached hydrogen (secondary N) is 1. The average Bonchev–Trinajstić information content (AvgIpc) is 3.04. The number of carbonyl (C=O) groups is 1. The van der Waals surface area contributed by atoms with Gasteiger partial charge < -0.3 is 9.84 Å². The summed E-state index contributed by atoms with van der Waals surface area (Å²) in [4.78, 5) is 12.6. The predicted octanol–water partition coefficient (Wildman–Crippen LogP) is 5.63. The number of thiol groups is 1. The Morgan fingerprint density at radius 1 is 1.08 bits per heavy atom. The van der Waals surface area contributed by atoms with Crippen molar-refractivity contribution in [2.45, 2.75) is 0 Å². The quantitative estimate of drug-likeness (QED) is 0.418. The van der Waals surface area contributed by atoms with E-state index in [1.807, 2.05) is 54.6 Å². The summed E-state index contributed by atoms with van der Waals surface area (Å²) in [6.45, 7) is 0. The van der Waals surface area contributed by atoms with Crippen LogP contribution < -0.4 is 9.62 Å². The minimum atomic E-state index is -0.419. The third kappa shape index (κ3) is 2.96. The van der Waals surface area contributed by atoms with Gasteiger partial charge in [0, 0.05) is 9.86 Å². The number of amides is 2. The second-order valence-electron chi connectivity index (χ2n) is 5.42. The third-order valence-corrected chi connectivity index (χ3v) is 4.70. The molecule has 0 aliphatic heterocycles. The number of carbonyl (C=O) groups excluding carboxylic acids is 1. The zero-order valence-electron chi connectivity index (χ0n) is 12.8. The van der Waals surface area contributed by atoms with Crippen molar-refractivity contribution >= 4 is 68.0 Å². The maximum atomic E-state index is 12.6. The molecule has 2 amide bonds. The second-order valence-corrected chi connectivity index (χ2v) is 6.73. The van der Waals surface area contributed by atoms with Gasteiger partial charge in [0.1, 0.15) is 0 Å². The number of halogens is 1. The van der Waals surface area contributed by atoms with Crippen LogP contribution in [-0.4, -0.2) is 11.2 Å². The first-order valence-electron chi connectivity index (χ1n) is 7.46. The molecule has 0 bridgehead atoms. The Bertz CT molecular complexity index is 1090. The Labute approximate surface area is 157 Å². The van der Waals surface area contributed by atoms with Gasteiger partial charge in [0.25, 0.3) is 0 Å². The molecule has 1 heterocycles. The van der Waals surface area contributed by atoms with Crippen molar-refractivity contribution in [3.63, 3.8) is 0 Å². The van der Waals surface area contributed by atoms with Crippen LogP contribution in [0, 0.1) is 0 Å². The SMILES string of the molecule is O=C(Nc1cccc2ccccc12)N(S)c1noc2cc(Br)ccc12. The van der Waals surface area contributed by atoms with Crippen molar-refractivity contribution in [2.75, 3.05) is 9.62 Å². The van der Waals surface area contributed by atoms with Crippen molar-refractivity contribution in [1.29, 1.82) is 0 Å². The molecular weight excluding hydrogens is 402 g/mol. The standard InChI is InChI=1S/C18H12BrN3O2S/c19-12-8-9-14-16(10-12)24-21-17(14)22(25)18(23)20-15-7-3-5-11-4-1-2-6-13(11)15/h1-10,25H,(H,20,23). The van der Waals surface area contributed by atoms with Crippen LogP contribution in [0.5, 0.6) is 0 Å². The van der Waals surface area contributed by atoms with E-state index in [1.165, 1.54) is 0 Å². The number of hydrogen-bond acceptors (Lipinski definition) is 4. The highest BCUT2D eigenvalue weighted by Gasteiger charge is 2.20. The minimum Gasteiger partial charge on any atom is -0.354 e. The first-order chi connectivity index (χ1) is 12.1. The van der Waals surface area contributed by atoms with Crippen molar-refractivity contribution in [3.8, 4) is 0 Å². The van der Waals surface area contributed by atoms with E-state index in [4.69, 9.17) is 4.52 Å². The van der Waals surface area contributed by atoms with Crippen LogP contribution in [0.15, 0.2) is 69.7 Å². The van der Waals surface area contributed by atoms with Gasteiger partial charge in [-0.15, -0.1) is 0 Å². The maximum Gasteiger partial charge on any atom is 0.337 e. The van der Waals surface area contributed by atoms with Crippen molar-refractivity contribution in [3.05, 3.63) is 65.1 Å². The van der Waals surface area contributed by atoms with Crippen LogP contribution in [0.1, 0.15) is 0 Å². The molecule has 0 aliphatic rings. The summed E-state index contributed by atoms with van der Waals surface area (Å²) in [5, 5.41) is 9.52. The van der Waals surface area contributed by atoms with Gasteiger partial charge in [0.15, 0.2) is 11.4 Å². The minimum absolute atomic E-state index is 0.337. The van der Waals surface area contributed by atoms with Gasteiger partial charge in [-0.1, -0.05) is 70.3 Å². The lowest BCUT2D eigenvalue weighted by Crippen LogP contribution is -2.27. The third-order valence-electron chi connectivity index (χ3n) is 3.84. The molecule has 3 aromatic carbocycles. The van der Waals surface area contributed by atoms with Gasteiger partial charge in [-0.05, 0) is 29.7 Å². The van der Waals surface area contributed by atoms with Gasteiger partial charge in [0.2, 0.25) is 0 Å². The summed E-state index contributed by atoms with van der Waals surface area (Å²) in [6.07, 6.45) is 0. The molecule has 4 rings (SSSR count). The predicted molar refractivity (Wildman–Crippen MR) is 106 cm³/mol. The summed E-state index contributed by atoms with van der Waals surface area (Å²) in [5.41, 5.74) is 1.28. The van der Waals surface area contributed by atoms with Crippen LogP contribution >= 0.6 is 28.7 Å². The number of hydrogen-bond donors (Lipinski definition) is 2. The molecule has 4 aromatic rings. The molecule has 0 aliphatic carbocycles. The molecule has 0 saturated heterocycles. The van der Waals surface area contributed by atoms with Crippen molar-refractivity contribution < 1.29 is 9.32 Å². The van der Waals surface area contributed by atoms with E-state index in [1.54, 1.807) is 6.07 Å². The Morgan fingerprint density at radius 3 is 2.76 bits per heavy atom. The summed E-state index contributed by atoms with van der Waals surface area (Å²) in [6, 6.07) is 18.6. The second kappa shape index (κ2) is 6.42. The van der Waals surface area contributed by atoms with E-state index in [0.717, 1.165) is 19.6 Å².